The van der Waals surface area contributed by atoms with E-state index in [4.69, 9.17) is 0 Å². The van der Waals surface area contributed by atoms with Gasteiger partial charge in [0.25, 0.3) is 0 Å². The molecule has 0 spiro atoms. The van der Waals surface area contributed by atoms with Gasteiger partial charge in [0.15, 0.2) is 0 Å². The average Bonchev–Trinajstić information content (AvgIpc) is 2.14. The molecule has 0 aliphatic heterocycles. The molecule has 0 aromatic carbocycles. The van der Waals surface area contributed by atoms with Crippen LogP contribution in [-0.2, 0) is 0 Å². The molecular weight excluding hydrogens is 162 g/mol. The van der Waals surface area contributed by atoms with E-state index in [0.29, 0.717) is 12.0 Å². The Labute approximate surface area is 81.0 Å². The lowest BCUT2D eigenvalue weighted by molar-refractivity contribution is 0.100. The Balaban J connectivity index is 2.16. The van der Waals surface area contributed by atoms with Gasteiger partial charge in [0, 0.05) is 6.04 Å². The Morgan fingerprint density at radius 3 is 3.00 bits per heavy atom. The van der Waals surface area contributed by atoms with Gasteiger partial charge in [-0.3, -0.25) is 0 Å². The van der Waals surface area contributed by atoms with Crippen LogP contribution in [0.15, 0.2) is 12.7 Å². The van der Waals surface area contributed by atoms with Crippen molar-refractivity contribution in [1.29, 1.82) is 0 Å². The number of hydrogen-bond acceptors (Lipinski definition) is 2. The van der Waals surface area contributed by atoms with Crippen LogP contribution in [0.25, 0.3) is 0 Å². The number of aliphatic hydroxyl groups excluding tert-OH is 1. The molecular formula is C11H21NO. The van der Waals surface area contributed by atoms with Gasteiger partial charge in [-0.25, -0.2) is 0 Å². The second-order valence-corrected chi connectivity index (χ2v) is 4.12. The molecule has 2 heteroatoms. The van der Waals surface area contributed by atoms with Crippen molar-refractivity contribution >= 4 is 0 Å². The number of nitrogens with one attached hydrogen (secondary N) is 1. The van der Waals surface area contributed by atoms with E-state index in [9.17, 15) is 5.11 Å². The van der Waals surface area contributed by atoms with Crippen molar-refractivity contribution < 1.29 is 5.11 Å². The zero-order chi connectivity index (χ0) is 9.68. The predicted molar refractivity (Wildman–Crippen MR) is 55.6 cm³/mol. The van der Waals surface area contributed by atoms with Gasteiger partial charge in [-0.2, -0.15) is 0 Å². The first-order valence-electron chi connectivity index (χ1n) is 5.26. The van der Waals surface area contributed by atoms with Gasteiger partial charge in [-0.1, -0.05) is 12.5 Å². The summed E-state index contributed by atoms with van der Waals surface area (Å²) in [6.07, 6.45) is 6.26. The van der Waals surface area contributed by atoms with E-state index in [2.05, 4.69) is 18.8 Å². The minimum absolute atomic E-state index is 0.0559. The van der Waals surface area contributed by atoms with E-state index in [1.807, 2.05) is 6.08 Å². The fraction of sp³-hybridized carbons (Fsp3) is 0.818. The minimum Gasteiger partial charge on any atom is -0.393 e. The van der Waals surface area contributed by atoms with Gasteiger partial charge in [0.2, 0.25) is 0 Å². The SMILES string of the molecule is C=CC(C)NCC1CCCC(O)C1. The van der Waals surface area contributed by atoms with Gasteiger partial charge >= 0.3 is 0 Å². The first kappa shape index (κ1) is 10.7. The minimum atomic E-state index is -0.0559. The molecule has 0 bridgehead atoms. The molecule has 1 rings (SSSR count). The first-order chi connectivity index (χ1) is 6.22. The van der Waals surface area contributed by atoms with Crippen molar-refractivity contribution in [3.8, 4) is 0 Å². The van der Waals surface area contributed by atoms with Crippen LogP contribution < -0.4 is 5.32 Å². The van der Waals surface area contributed by atoms with Gasteiger partial charge < -0.3 is 10.4 Å². The average molecular weight is 183 g/mol. The topological polar surface area (TPSA) is 32.3 Å². The number of hydrogen-bond donors (Lipinski definition) is 2. The van der Waals surface area contributed by atoms with Crippen molar-refractivity contribution in [2.24, 2.45) is 5.92 Å². The lowest BCUT2D eigenvalue weighted by atomic mass is 9.87. The maximum absolute atomic E-state index is 9.45. The molecule has 3 atom stereocenters. The summed E-state index contributed by atoms with van der Waals surface area (Å²) in [7, 11) is 0. The van der Waals surface area contributed by atoms with Crippen LogP contribution in [0, 0.1) is 5.92 Å². The highest BCUT2D eigenvalue weighted by atomic mass is 16.3. The Bertz CT molecular complexity index is 158. The molecule has 1 fully saturated rings. The maximum atomic E-state index is 9.45. The first-order valence-corrected chi connectivity index (χ1v) is 5.26. The Morgan fingerprint density at radius 2 is 2.38 bits per heavy atom. The van der Waals surface area contributed by atoms with E-state index in [1.165, 1.54) is 12.8 Å². The van der Waals surface area contributed by atoms with Crippen LogP contribution >= 0.6 is 0 Å². The Kier molecular flexibility index (Phi) is 4.46. The van der Waals surface area contributed by atoms with Crippen LogP contribution in [0.1, 0.15) is 32.6 Å². The van der Waals surface area contributed by atoms with Crippen molar-refractivity contribution in [2.75, 3.05) is 6.54 Å². The Morgan fingerprint density at radius 1 is 1.62 bits per heavy atom. The summed E-state index contributed by atoms with van der Waals surface area (Å²) >= 11 is 0. The van der Waals surface area contributed by atoms with Crippen molar-refractivity contribution in [2.45, 2.75) is 44.8 Å². The summed E-state index contributed by atoms with van der Waals surface area (Å²) in [5.74, 6) is 0.658. The largest absolute Gasteiger partial charge is 0.393 e. The predicted octanol–water partition coefficient (Wildman–Crippen LogP) is 1.70. The van der Waals surface area contributed by atoms with Crippen LogP contribution in [-0.4, -0.2) is 23.8 Å². The molecule has 0 heterocycles. The van der Waals surface area contributed by atoms with Crippen molar-refractivity contribution in [1.82, 2.24) is 5.32 Å². The third-order valence-electron chi connectivity index (χ3n) is 2.84. The highest BCUT2D eigenvalue weighted by molar-refractivity contribution is 4.83. The molecule has 3 unspecified atom stereocenters. The molecule has 1 aliphatic carbocycles. The van der Waals surface area contributed by atoms with Gasteiger partial charge in [-0.15, -0.1) is 6.58 Å². The van der Waals surface area contributed by atoms with E-state index in [0.717, 1.165) is 19.4 Å². The fourth-order valence-corrected chi connectivity index (χ4v) is 1.88. The molecule has 0 amide bonds. The highest BCUT2D eigenvalue weighted by Gasteiger charge is 2.19. The molecule has 1 aliphatic rings. The second-order valence-electron chi connectivity index (χ2n) is 4.12. The van der Waals surface area contributed by atoms with Gasteiger partial charge in [-0.05, 0) is 38.6 Å². The Hall–Kier alpha value is -0.340. The molecule has 0 radical (unpaired) electrons. The monoisotopic (exact) mass is 183 g/mol. The van der Waals surface area contributed by atoms with Crippen LogP contribution in [0.2, 0.25) is 0 Å². The van der Waals surface area contributed by atoms with Crippen molar-refractivity contribution in [3.63, 3.8) is 0 Å². The quantitative estimate of drug-likeness (QED) is 0.650. The van der Waals surface area contributed by atoms with E-state index >= 15 is 0 Å². The zero-order valence-electron chi connectivity index (χ0n) is 8.50. The van der Waals surface area contributed by atoms with Gasteiger partial charge in [0.1, 0.15) is 0 Å². The molecule has 0 saturated heterocycles. The molecule has 1 saturated carbocycles. The lowest BCUT2D eigenvalue weighted by Gasteiger charge is -2.26. The van der Waals surface area contributed by atoms with Crippen molar-refractivity contribution in [3.05, 3.63) is 12.7 Å². The summed E-state index contributed by atoms with van der Waals surface area (Å²) in [5, 5.41) is 12.8. The summed E-state index contributed by atoms with van der Waals surface area (Å²) < 4.78 is 0. The summed E-state index contributed by atoms with van der Waals surface area (Å²) in [6.45, 7) is 6.85. The number of aliphatic hydroxyl groups is 1. The van der Waals surface area contributed by atoms with E-state index in [-0.39, 0.29) is 6.10 Å². The molecule has 13 heavy (non-hydrogen) atoms. The smallest absolute Gasteiger partial charge is 0.0543 e. The normalized spacial score (nSPS) is 31.2. The second kappa shape index (κ2) is 5.40. The van der Waals surface area contributed by atoms with Crippen LogP contribution in [0.4, 0.5) is 0 Å². The maximum Gasteiger partial charge on any atom is 0.0543 e. The fourth-order valence-electron chi connectivity index (χ4n) is 1.88. The zero-order valence-corrected chi connectivity index (χ0v) is 8.50. The molecule has 0 aromatic rings. The number of rotatable bonds is 4. The summed E-state index contributed by atoms with van der Waals surface area (Å²) in [4.78, 5) is 0. The standard InChI is InChI=1S/C11H21NO/c1-3-9(2)12-8-10-5-4-6-11(13)7-10/h3,9-13H,1,4-8H2,2H3. The third-order valence-corrected chi connectivity index (χ3v) is 2.84. The molecule has 2 N–H and O–H groups in total. The molecule has 76 valence electrons. The summed E-state index contributed by atoms with van der Waals surface area (Å²) in [6, 6.07) is 0.388. The third kappa shape index (κ3) is 3.92. The summed E-state index contributed by atoms with van der Waals surface area (Å²) in [5.41, 5.74) is 0. The van der Waals surface area contributed by atoms with Crippen LogP contribution in [0.5, 0.6) is 0 Å². The molecule has 0 aromatic heterocycles. The molecule has 2 nitrogen and oxygen atoms in total. The van der Waals surface area contributed by atoms with E-state index < -0.39 is 0 Å². The van der Waals surface area contributed by atoms with E-state index in [1.54, 1.807) is 0 Å². The lowest BCUT2D eigenvalue weighted by Crippen LogP contribution is -2.33. The van der Waals surface area contributed by atoms with Crippen LogP contribution in [0.3, 0.4) is 0 Å². The highest BCUT2D eigenvalue weighted by Crippen LogP contribution is 2.23. The van der Waals surface area contributed by atoms with Gasteiger partial charge in [0.05, 0.1) is 6.10 Å².